The second-order valence-corrected chi connectivity index (χ2v) is 6.31. The van der Waals surface area contributed by atoms with Crippen LogP contribution in [-0.4, -0.2) is 24.1 Å². The third-order valence-electron chi connectivity index (χ3n) is 4.17. The number of hydroxylamine groups is 2. The maximum atomic E-state index is 13.3. The summed E-state index contributed by atoms with van der Waals surface area (Å²) in [5.41, 5.74) is 1.73. The van der Waals surface area contributed by atoms with Gasteiger partial charge in [-0.25, -0.2) is 9.18 Å². The zero-order valence-electron chi connectivity index (χ0n) is 14.6. The number of anilines is 1. The van der Waals surface area contributed by atoms with Crippen LogP contribution in [0.4, 0.5) is 14.9 Å². The molecule has 2 N–H and O–H groups in total. The number of carbonyl (C=O) groups is 2. The second kappa shape index (κ2) is 7.77. The molecule has 0 radical (unpaired) electrons. The molecule has 1 atom stereocenters. The lowest BCUT2D eigenvalue weighted by molar-refractivity contribution is -0.114. The van der Waals surface area contributed by atoms with Gasteiger partial charge in [0.05, 0.1) is 24.4 Å². The van der Waals surface area contributed by atoms with E-state index < -0.39 is 23.8 Å². The van der Waals surface area contributed by atoms with Gasteiger partial charge in [-0.3, -0.25) is 9.63 Å². The molecule has 140 valence electrons. The Morgan fingerprint density at radius 2 is 1.81 bits per heavy atom. The Labute approximate surface area is 160 Å². The molecule has 2 aromatic carbocycles. The topological polar surface area (TPSA) is 70.7 Å². The molecule has 3 rings (SSSR count). The van der Waals surface area contributed by atoms with Crippen molar-refractivity contribution in [1.29, 1.82) is 0 Å². The van der Waals surface area contributed by atoms with Crippen LogP contribution >= 0.6 is 11.6 Å². The molecule has 0 bridgehead atoms. The van der Waals surface area contributed by atoms with Gasteiger partial charge in [0.25, 0.3) is 5.91 Å². The third-order valence-corrected chi connectivity index (χ3v) is 4.42. The van der Waals surface area contributed by atoms with Gasteiger partial charge in [0.2, 0.25) is 0 Å². The van der Waals surface area contributed by atoms with Crippen molar-refractivity contribution >= 4 is 29.2 Å². The summed E-state index contributed by atoms with van der Waals surface area (Å²) in [5.74, 6) is -0.835. The van der Waals surface area contributed by atoms with E-state index in [0.717, 1.165) is 5.06 Å². The number of hydrogen-bond acceptors (Lipinski definition) is 3. The first-order valence-corrected chi connectivity index (χ1v) is 8.46. The summed E-state index contributed by atoms with van der Waals surface area (Å²) < 4.78 is 13.3. The molecule has 0 saturated carbocycles. The molecule has 0 saturated heterocycles. The lowest BCUT2D eigenvalue weighted by Gasteiger charge is -2.34. The fourth-order valence-electron chi connectivity index (χ4n) is 2.88. The largest absolute Gasteiger partial charge is 0.346 e. The molecule has 0 spiro atoms. The minimum absolute atomic E-state index is 0.276. The first-order chi connectivity index (χ1) is 12.9. The number of halogens is 2. The number of nitrogens with one attached hydrogen (secondary N) is 2. The van der Waals surface area contributed by atoms with E-state index >= 15 is 0 Å². The highest BCUT2D eigenvalue weighted by Crippen LogP contribution is 2.31. The zero-order valence-corrected chi connectivity index (χ0v) is 15.4. The van der Waals surface area contributed by atoms with E-state index in [1.165, 1.54) is 31.4 Å². The van der Waals surface area contributed by atoms with Crippen LogP contribution in [0.15, 0.2) is 59.8 Å². The van der Waals surface area contributed by atoms with Crippen LogP contribution in [0.2, 0.25) is 5.02 Å². The van der Waals surface area contributed by atoms with Crippen LogP contribution in [0.25, 0.3) is 0 Å². The van der Waals surface area contributed by atoms with Crippen molar-refractivity contribution < 1.29 is 18.8 Å². The van der Waals surface area contributed by atoms with E-state index in [1.807, 2.05) is 0 Å². The number of hydrogen-bond donors (Lipinski definition) is 2. The second-order valence-electron chi connectivity index (χ2n) is 5.87. The number of nitrogens with zero attached hydrogens (tertiary/aromatic N) is 1. The first-order valence-electron chi connectivity index (χ1n) is 8.08. The van der Waals surface area contributed by atoms with Gasteiger partial charge in [-0.15, -0.1) is 0 Å². The number of urea groups is 1. The van der Waals surface area contributed by atoms with Crippen LogP contribution < -0.4 is 10.6 Å². The Morgan fingerprint density at radius 1 is 1.19 bits per heavy atom. The molecule has 1 unspecified atom stereocenters. The average molecular weight is 390 g/mol. The van der Waals surface area contributed by atoms with Crippen LogP contribution in [0.1, 0.15) is 18.5 Å². The van der Waals surface area contributed by atoms with Gasteiger partial charge in [0, 0.05) is 10.7 Å². The van der Waals surface area contributed by atoms with Crippen molar-refractivity contribution in [2.24, 2.45) is 0 Å². The van der Waals surface area contributed by atoms with Gasteiger partial charge in [-0.2, -0.15) is 5.06 Å². The predicted octanol–water partition coefficient (Wildman–Crippen LogP) is 4.02. The molecule has 2 aromatic rings. The summed E-state index contributed by atoms with van der Waals surface area (Å²) in [5, 5.41) is 7.03. The van der Waals surface area contributed by atoms with E-state index in [0.29, 0.717) is 22.0 Å². The Kier molecular flexibility index (Phi) is 5.43. The minimum atomic E-state index is -0.753. The molecule has 8 heteroatoms. The van der Waals surface area contributed by atoms with E-state index in [2.05, 4.69) is 10.6 Å². The Morgan fingerprint density at radius 3 is 2.41 bits per heavy atom. The fraction of sp³-hybridized carbons (Fsp3) is 0.158. The number of rotatable bonds is 4. The highest BCUT2D eigenvalue weighted by molar-refractivity contribution is 6.30. The van der Waals surface area contributed by atoms with Crippen molar-refractivity contribution in [3.8, 4) is 0 Å². The average Bonchev–Trinajstić information content (AvgIpc) is 2.64. The molecule has 6 nitrogen and oxygen atoms in total. The normalized spacial score (nSPS) is 17.0. The Balaban J connectivity index is 2.00. The highest BCUT2D eigenvalue weighted by Gasteiger charge is 2.36. The van der Waals surface area contributed by atoms with Gasteiger partial charge >= 0.3 is 6.03 Å². The Hall–Kier alpha value is -2.90. The summed E-state index contributed by atoms with van der Waals surface area (Å²) in [7, 11) is 1.33. The van der Waals surface area contributed by atoms with Gasteiger partial charge < -0.3 is 10.6 Å². The van der Waals surface area contributed by atoms with Gasteiger partial charge in [-0.05, 0) is 48.9 Å². The maximum absolute atomic E-state index is 13.3. The molecule has 1 aliphatic heterocycles. The molecule has 0 fully saturated rings. The van der Waals surface area contributed by atoms with Gasteiger partial charge in [0.1, 0.15) is 5.82 Å². The smallest absolute Gasteiger partial charge is 0.325 e. The molecule has 3 amide bonds. The molecule has 27 heavy (non-hydrogen) atoms. The molecular formula is C19H17ClFN3O3. The van der Waals surface area contributed by atoms with E-state index in [-0.39, 0.29) is 5.57 Å². The van der Waals surface area contributed by atoms with Gasteiger partial charge in [-0.1, -0.05) is 23.7 Å². The monoisotopic (exact) mass is 389 g/mol. The molecular weight excluding hydrogens is 373 g/mol. The third kappa shape index (κ3) is 3.94. The van der Waals surface area contributed by atoms with Crippen molar-refractivity contribution in [1.82, 2.24) is 10.4 Å². The number of amides is 3. The van der Waals surface area contributed by atoms with E-state index in [1.54, 1.807) is 31.2 Å². The van der Waals surface area contributed by atoms with Crippen LogP contribution in [0.5, 0.6) is 0 Å². The van der Waals surface area contributed by atoms with Crippen molar-refractivity contribution in [2.75, 3.05) is 12.4 Å². The standard InChI is InChI=1S/C19H17ClFN3O3/c1-11-16(18(25)22-15-9-5-13(20)6-10-15)17(23-19(26)24(11)27-2)12-3-7-14(21)8-4-12/h3-10,17H,1-2H3,(H,22,25)(H,23,26). The summed E-state index contributed by atoms with van der Waals surface area (Å²) in [4.78, 5) is 30.3. The van der Waals surface area contributed by atoms with E-state index in [9.17, 15) is 14.0 Å². The molecule has 0 aliphatic carbocycles. The number of benzene rings is 2. The van der Waals surface area contributed by atoms with Crippen molar-refractivity contribution in [2.45, 2.75) is 13.0 Å². The zero-order chi connectivity index (χ0) is 19.6. The van der Waals surface area contributed by atoms with Crippen molar-refractivity contribution in [3.05, 3.63) is 76.2 Å². The lowest BCUT2D eigenvalue weighted by atomic mass is 9.94. The Bertz CT molecular complexity index is 897. The highest BCUT2D eigenvalue weighted by atomic mass is 35.5. The van der Waals surface area contributed by atoms with Crippen LogP contribution in [-0.2, 0) is 9.63 Å². The van der Waals surface area contributed by atoms with Crippen LogP contribution in [0.3, 0.4) is 0 Å². The minimum Gasteiger partial charge on any atom is -0.325 e. The maximum Gasteiger partial charge on any atom is 0.346 e. The quantitative estimate of drug-likeness (QED) is 0.829. The first kappa shape index (κ1) is 18.9. The summed E-state index contributed by atoms with van der Waals surface area (Å²) in [6, 6.07) is 10.9. The summed E-state index contributed by atoms with van der Waals surface area (Å²) >= 11 is 5.87. The van der Waals surface area contributed by atoms with Crippen molar-refractivity contribution in [3.63, 3.8) is 0 Å². The molecule has 1 heterocycles. The molecule has 1 aliphatic rings. The molecule has 0 aromatic heterocycles. The summed E-state index contributed by atoms with van der Waals surface area (Å²) in [6.45, 7) is 1.61. The van der Waals surface area contributed by atoms with Gasteiger partial charge in [0.15, 0.2) is 0 Å². The van der Waals surface area contributed by atoms with E-state index in [4.69, 9.17) is 16.4 Å². The SMILES string of the molecule is CON1C(=O)NC(c2ccc(F)cc2)C(C(=O)Nc2ccc(Cl)cc2)=C1C. The lowest BCUT2D eigenvalue weighted by Crippen LogP contribution is -2.48. The predicted molar refractivity (Wildman–Crippen MR) is 99.3 cm³/mol. The number of allylic oxidation sites excluding steroid dienone is 1. The number of carbonyl (C=O) groups excluding carboxylic acids is 2. The summed E-state index contributed by atoms with van der Waals surface area (Å²) in [6.07, 6.45) is 0. The van der Waals surface area contributed by atoms with Crippen LogP contribution in [0, 0.1) is 5.82 Å². The fourth-order valence-corrected chi connectivity index (χ4v) is 3.00.